The van der Waals surface area contributed by atoms with Crippen LogP contribution in [-0.2, 0) is 36.8 Å². The zero-order valence-corrected chi connectivity index (χ0v) is 21.4. The summed E-state index contributed by atoms with van der Waals surface area (Å²) in [7, 11) is 0. The molecule has 1 unspecified atom stereocenters. The number of anilines is 2. The molecule has 4 atom stereocenters. The molecule has 1 amide bonds. The number of benzene rings is 2. The lowest BCUT2D eigenvalue weighted by atomic mass is 9.95. The molecule has 0 radical (unpaired) electrons. The van der Waals surface area contributed by atoms with Gasteiger partial charge in [0.25, 0.3) is 0 Å². The summed E-state index contributed by atoms with van der Waals surface area (Å²) >= 11 is -2.20. The summed E-state index contributed by atoms with van der Waals surface area (Å²) in [5.41, 5.74) is -2.86. The fourth-order valence-electron chi connectivity index (χ4n) is 4.65. The number of piperidine rings is 1. The average Bonchev–Trinajstić information content (AvgIpc) is 3.19. The van der Waals surface area contributed by atoms with E-state index in [0.29, 0.717) is 12.1 Å². The number of halogens is 6. The molecular weight excluding hydrogens is 558 g/mol. The van der Waals surface area contributed by atoms with Gasteiger partial charge in [-0.2, -0.15) is 30.6 Å². The largest absolute Gasteiger partial charge is 0.453 e. The summed E-state index contributed by atoms with van der Waals surface area (Å²) < 4.78 is 115. The van der Waals surface area contributed by atoms with E-state index < -0.39 is 64.8 Å². The van der Waals surface area contributed by atoms with Crippen molar-refractivity contribution >= 4 is 28.8 Å². The maximum Gasteiger partial charge on any atom is 0.416 e. The molecule has 2 fully saturated rings. The Hall–Kier alpha value is -3.04. The maximum absolute atomic E-state index is 13.5. The summed E-state index contributed by atoms with van der Waals surface area (Å²) in [6.07, 6.45) is -12.1. The van der Waals surface area contributed by atoms with Crippen molar-refractivity contribution in [2.24, 2.45) is 0 Å². The Morgan fingerprint density at radius 1 is 0.897 bits per heavy atom. The van der Waals surface area contributed by atoms with Crippen LogP contribution in [0.1, 0.15) is 31.9 Å². The predicted molar refractivity (Wildman–Crippen MR) is 125 cm³/mol. The molecule has 2 saturated heterocycles. The molecule has 3 aliphatic rings. The molecule has 39 heavy (non-hydrogen) atoms. The highest BCUT2D eigenvalue weighted by atomic mass is 32.2. The van der Waals surface area contributed by atoms with Crippen LogP contribution in [0.15, 0.2) is 36.4 Å². The van der Waals surface area contributed by atoms with Crippen molar-refractivity contribution in [1.29, 1.82) is 0 Å². The third-order valence-electron chi connectivity index (χ3n) is 6.24. The zero-order chi connectivity index (χ0) is 28.5. The van der Waals surface area contributed by atoms with Gasteiger partial charge >= 0.3 is 29.8 Å². The summed E-state index contributed by atoms with van der Waals surface area (Å²) in [4.78, 5) is 15.6. The molecule has 2 aromatic carbocycles. The van der Waals surface area contributed by atoms with Crippen molar-refractivity contribution < 1.29 is 53.2 Å². The quantitative estimate of drug-likeness (QED) is 0.386. The standard InChI is InChI=1S/C24H22F6N2O6S/c1-22(2,3)36-21(33)31-10-16(20-19(11-31)37-39(34)38-20)32-14-6-4-12(23(25,26)27)8-17(14)35-18-9-13(24(28,29)30)5-7-15(18)32/h4-9,16,19-20H,10-11H2,1-3H3/t16-,19-,20+,39?/m0/s1. The van der Waals surface area contributed by atoms with E-state index in [1.807, 2.05) is 0 Å². The molecule has 2 aromatic rings. The number of carbonyl (C=O) groups is 1. The van der Waals surface area contributed by atoms with Gasteiger partial charge in [0, 0.05) is 6.54 Å². The normalized spacial score (nSPS) is 24.9. The summed E-state index contributed by atoms with van der Waals surface area (Å²) in [6.45, 7) is 4.77. The summed E-state index contributed by atoms with van der Waals surface area (Å²) in [5.74, 6) is -0.717. The van der Waals surface area contributed by atoms with Gasteiger partial charge in [0.05, 0.1) is 35.1 Å². The second-order valence-corrected chi connectivity index (χ2v) is 11.0. The van der Waals surface area contributed by atoms with Gasteiger partial charge < -0.3 is 19.3 Å². The topological polar surface area (TPSA) is 77.5 Å². The molecule has 0 spiro atoms. The van der Waals surface area contributed by atoms with Crippen LogP contribution in [0.5, 0.6) is 11.5 Å². The van der Waals surface area contributed by atoms with Crippen molar-refractivity contribution in [3.63, 3.8) is 0 Å². The molecule has 0 N–H and O–H groups in total. The average molecular weight is 581 g/mol. The molecule has 5 rings (SSSR count). The van der Waals surface area contributed by atoms with E-state index in [9.17, 15) is 35.3 Å². The highest BCUT2D eigenvalue weighted by Gasteiger charge is 2.51. The van der Waals surface area contributed by atoms with E-state index in [-0.39, 0.29) is 36.0 Å². The molecule has 3 aliphatic heterocycles. The lowest BCUT2D eigenvalue weighted by Crippen LogP contribution is -2.61. The first-order valence-electron chi connectivity index (χ1n) is 11.6. The smallest absolute Gasteiger partial charge is 0.416 e. The van der Waals surface area contributed by atoms with Gasteiger partial charge in [-0.25, -0.2) is 4.79 Å². The summed E-state index contributed by atoms with van der Waals surface area (Å²) in [6, 6.07) is 4.25. The minimum Gasteiger partial charge on any atom is -0.453 e. The number of alkyl halides is 6. The highest BCUT2D eigenvalue weighted by Crippen LogP contribution is 2.52. The van der Waals surface area contributed by atoms with Gasteiger partial charge in [-0.05, 0) is 57.2 Å². The van der Waals surface area contributed by atoms with Crippen molar-refractivity contribution in [1.82, 2.24) is 4.90 Å². The van der Waals surface area contributed by atoms with Gasteiger partial charge in [0.1, 0.15) is 17.8 Å². The number of hydrogen-bond acceptors (Lipinski definition) is 7. The number of ether oxygens (including phenoxy) is 2. The second kappa shape index (κ2) is 9.27. The van der Waals surface area contributed by atoms with Gasteiger partial charge in [-0.3, -0.25) is 8.37 Å². The van der Waals surface area contributed by atoms with Crippen LogP contribution in [0.4, 0.5) is 42.5 Å². The Bertz CT molecular complexity index is 1260. The van der Waals surface area contributed by atoms with Crippen molar-refractivity contribution in [2.75, 3.05) is 18.0 Å². The van der Waals surface area contributed by atoms with Crippen molar-refractivity contribution in [3.8, 4) is 11.5 Å². The Morgan fingerprint density at radius 2 is 1.44 bits per heavy atom. The van der Waals surface area contributed by atoms with Crippen molar-refractivity contribution in [2.45, 2.75) is 57.0 Å². The first-order chi connectivity index (χ1) is 18.0. The SMILES string of the molecule is CC(C)(C)OC(=O)N1C[C@@H]2OS(=O)O[C@@H]2[C@@H](N2c3ccc(C(F)(F)F)cc3Oc3cc(C(F)(F)F)ccc32)C1. The first-order valence-corrected chi connectivity index (χ1v) is 12.6. The Kier molecular flexibility index (Phi) is 6.54. The van der Waals surface area contributed by atoms with Crippen molar-refractivity contribution in [3.05, 3.63) is 47.5 Å². The van der Waals surface area contributed by atoms with E-state index in [1.165, 1.54) is 9.80 Å². The third-order valence-corrected chi connectivity index (χ3v) is 7.03. The fraction of sp³-hybridized carbons (Fsp3) is 0.458. The van der Waals surface area contributed by atoms with E-state index in [0.717, 1.165) is 24.3 Å². The fourth-order valence-corrected chi connectivity index (χ4v) is 5.50. The predicted octanol–water partition coefficient (Wildman–Crippen LogP) is 5.95. The van der Waals surface area contributed by atoms with Crippen LogP contribution in [0, 0.1) is 0 Å². The molecule has 8 nitrogen and oxygen atoms in total. The molecule has 0 saturated carbocycles. The second-order valence-electron chi connectivity index (χ2n) is 10.2. The third kappa shape index (κ3) is 5.39. The monoisotopic (exact) mass is 580 g/mol. The molecule has 0 bridgehead atoms. The number of carbonyl (C=O) groups excluding carboxylic acids is 1. The number of likely N-dealkylation sites (tertiary alicyclic amines) is 1. The van der Waals surface area contributed by atoms with E-state index in [4.69, 9.17) is 17.8 Å². The molecule has 0 aliphatic carbocycles. The lowest BCUT2D eigenvalue weighted by molar-refractivity contribution is -0.138. The maximum atomic E-state index is 13.5. The molecular formula is C24H22F6N2O6S. The van der Waals surface area contributed by atoms with E-state index in [2.05, 4.69) is 0 Å². The van der Waals surface area contributed by atoms with Crippen LogP contribution in [0.25, 0.3) is 0 Å². The number of amides is 1. The van der Waals surface area contributed by atoms with E-state index >= 15 is 0 Å². The Balaban J connectivity index is 1.63. The number of rotatable bonds is 1. The molecule has 0 aromatic heterocycles. The number of hydrogen-bond donors (Lipinski definition) is 0. The van der Waals surface area contributed by atoms with Gasteiger partial charge in [-0.15, -0.1) is 0 Å². The molecule has 3 heterocycles. The molecule has 212 valence electrons. The summed E-state index contributed by atoms with van der Waals surface area (Å²) in [5, 5.41) is 0. The van der Waals surface area contributed by atoms with Crippen LogP contribution < -0.4 is 9.64 Å². The highest BCUT2D eigenvalue weighted by molar-refractivity contribution is 7.75. The minimum atomic E-state index is -4.75. The van der Waals surface area contributed by atoms with Crippen LogP contribution in [0.3, 0.4) is 0 Å². The zero-order valence-electron chi connectivity index (χ0n) is 20.6. The Morgan fingerprint density at radius 3 is 1.92 bits per heavy atom. The van der Waals surface area contributed by atoms with Crippen LogP contribution in [0.2, 0.25) is 0 Å². The number of nitrogens with zero attached hydrogens (tertiary/aromatic N) is 2. The van der Waals surface area contributed by atoms with E-state index in [1.54, 1.807) is 20.8 Å². The number of fused-ring (bicyclic) bond motifs is 3. The van der Waals surface area contributed by atoms with Gasteiger partial charge in [-0.1, -0.05) is 0 Å². The molecule has 15 heteroatoms. The van der Waals surface area contributed by atoms with Crippen LogP contribution in [-0.4, -0.2) is 52.1 Å². The minimum absolute atomic E-state index is 0.0636. The van der Waals surface area contributed by atoms with Crippen LogP contribution >= 0.6 is 0 Å². The van der Waals surface area contributed by atoms with Gasteiger partial charge in [0.2, 0.25) is 0 Å². The lowest BCUT2D eigenvalue weighted by Gasteiger charge is -2.46. The van der Waals surface area contributed by atoms with Gasteiger partial charge in [0.15, 0.2) is 11.5 Å². The first kappa shape index (κ1) is 27.5. The Labute approximate surface area is 221 Å².